The Balaban J connectivity index is 4.73. The van der Waals surface area contributed by atoms with Crippen LogP contribution in [0.2, 0.25) is 0 Å². The average molecular weight is 257 g/mol. The minimum absolute atomic E-state index is 0.0750. The number of rotatable bonds is 6. The lowest BCUT2D eigenvalue weighted by Crippen LogP contribution is -2.49. The van der Waals surface area contributed by atoms with Crippen molar-refractivity contribution in [1.82, 2.24) is 4.90 Å². The van der Waals surface area contributed by atoms with Gasteiger partial charge in [0.25, 0.3) is 0 Å². The highest BCUT2D eigenvalue weighted by molar-refractivity contribution is 5.81. The monoisotopic (exact) mass is 257 g/mol. The van der Waals surface area contributed by atoms with E-state index in [0.29, 0.717) is 0 Å². The summed E-state index contributed by atoms with van der Waals surface area (Å²) < 4.78 is 0. The Morgan fingerprint density at radius 2 is 1.61 bits per heavy atom. The maximum atomic E-state index is 12.0. The predicted molar refractivity (Wildman–Crippen MR) is 72.4 cm³/mol. The third kappa shape index (κ3) is 5.52. The van der Waals surface area contributed by atoms with Gasteiger partial charge in [0.2, 0.25) is 5.91 Å². The van der Waals surface area contributed by atoms with Crippen molar-refractivity contribution in [3.63, 3.8) is 0 Å². The molecule has 0 spiro atoms. The van der Waals surface area contributed by atoms with E-state index in [2.05, 4.69) is 34.6 Å². The highest BCUT2D eigenvalue weighted by Crippen LogP contribution is 2.33. The summed E-state index contributed by atoms with van der Waals surface area (Å²) in [4.78, 5) is 24.2. The van der Waals surface area contributed by atoms with Crippen LogP contribution in [-0.2, 0) is 9.59 Å². The summed E-state index contributed by atoms with van der Waals surface area (Å²) in [6.45, 7) is 10.6. The van der Waals surface area contributed by atoms with Crippen LogP contribution in [0.15, 0.2) is 0 Å². The van der Waals surface area contributed by atoms with Gasteiger partial charge in [-0.3, -0.25) is 9.59 Å². The largest absolute Gasteiger partial charge is 0.481 e. The molecule has 0 saturated heterocycles. The lowest BCUT2D eigenvalue weighted by molar-refractivity contribution is -0.143. The maximum absolute atomic E-state index is 12.0. The Morgan fingerprint density at radius 3 is 1.94 bits per heavy atom. The second-order valence-electron chi connectivity index (χ2n) is 6.43. The van der Waals surface area contributed by atoms with Gasteiger partial charge in [-0.15, -0.1) is 0 Å². The average Bonchev–Trinajstić information content (AvgIpc) is 2.22. The van der Waals surface area contributed by atoms with E-state index in [-0.39, 0.29) is 29.7 Å². The van der Waals surface area contributed by atoms with Crippen molar-refractivity contribution in [3.8, 4) is 0 Å². The predicted octanol–water partition coefficient (Wildman–Crippen LogP) is 2.91. The minimum atomic E-state index is -0.925. The smallest absolute Gasteiger partial charge is 0.303 e. The molecule has 0 saturated carbocycles. The number of hydrogen-bond donors (Lipinski definition) is 1. The number of carbonyl (C=O) groups excluding carboxylic acids is 1. The number of amides is 1. The molecule has 0 aliphatic rings. The van der Waals surface area contributed by atoms with E-state index in [4.69, 9.17) is 5.11 Å². The first kappa shape index (κ1) is 16.9. The quantitative estimate of drug-likeness (QED) is 0.796. The van der Waals surface area contributed by atoms with Crippen molar-refractivity contribution in [3.05, 3.63) is 0 Å². The summed E-state index contributed by atoms with van der Waals surface area (Å²) in [5, 5.41) is 8.62. The van der Waals surface area contributed by atoms with E-state index in [0.717, 1.165) is 12.8 Å². The summed E-state index contributed by atoms with van der Waals surface area (Å²) in [7, 11) is 1.78. The second kappa shape index (κ2) is 6.21. The Hall–Kier alpha value is -1.06. The van der Waals surface area contributed by atoms with E-state index in [9.17, 15) is 9.59 Å². The van der Waals surface area contributed by atoms with Crippen LogP contribution in [0.25, 0.3) is 0 Å². The molecule has 0 fully saturated rings. The Morgan fingerprint density at radius 1 is 1.11 bits per heavy atom. The molecule has 1 atom stereocenters. The summed E-state index contributed by atoms with van der Waals surface area (Å²) in [5.41, 5.74) is -0.0834. The van der Waals surface area contributed by atoms with E-state index in [1.807, 2.05) is 0 Å². The van der Waals surface area contributed by atoms with Gasteiger partial charge in [0.15, 0.2) is 0 Å². The Bertz CT molecular complexity index is 307. The molecule has 4 heteroatoms. The molecule has 0 aromatic heterocycles. The molecule has 18 heavy (non-hydrogen) atoms. The first-order valence-corrected chi connectivity index (χ1v) is 6.50. The summed E-state index contributed by atoms with van der Waals surface area (Å²) in [6.07, 6.45) is 1.73. The number of carbonyl (C=O) groups is 2. The normalized spacial score (nSPS) is 15.0. The van der Waals surface area contributed by atoms with Crippen molar-refractivity contribution in [2.75, 3.05) is 7.05 Å². The molecule has 0 aliphatic heterocycles. The molecule has 0 rings (SSSR count). The molecule has 0 aromatic rings. The molecule has 106 valence electrons. The summed E-state index contributed by atoms with van der Waals surface area (Å²) >= 11 is 0. The van der Waals surface area contributed by atoms with Crippen LogP contribution >= 0.6 is 0 Å². The van der Waals surface area contributed by atoms with Crippen molar-refractivity contribution < 1.29 is 14.7 Å². The zero-order valence-corrected chi connectivity index (χ0v) is 12.5. The molecule has 0 heterocycles. The maximum Gasteiger partial charge on any atom is 0.303 e. The lowest BCUT2D eigenvalue weighted by Gasteiger charge is -2.42. The first-order valence-electron chi connectivity index (χ1n) is 6.50. The lowest BCUT2D eigenvalue weighted by atomic mass is 9.78. The molecule has 0 bridgehead atoms. The van der Waals surface area contributed by atoms with Crippen LogP contribution in [-0.4, -0.2) is 34.5 Å². The van der Waals surface area contributed by atoms with Gasteiger partial charge in [-0.1, -0.05) is 27.7 Å². The summed E-state index contributed by atoms with van der Waals surface area (Å²) in [5.74, 6) is -1.02. The van der Waals surface area contributed by atoms with Crippen molar-refractivity contribution in [2.45, 2.75) is 65.8 Å². The van der Waals surface area contributed by atoms with Crippen molar-refractivity contribution in [2.24, 2.45) is 5.41 Å². The van der Waals surface area contributed by atoms with Gasteiger partial charge < -0.3 is 10.0 Å². The molecular weight excluding hydrogens is 230 g/mol. The number of carboxylic acid groups (broad SMARTS) is 1. The molecule has 0 aliphatic carbocycles. The minimum Gasteiger partial charge on any atom is -0.481 e. The Kier molecular flexibility index (Phi) is 5.84. The highest BCUT2D eigenvalue weighted by atomic mass is 16.4. The van der Waals surface area contributed by atoms with E-state index < -0.39 is 5.97 Å². The van der Waals surface area contributed by atoms with E-state index in [1.54, 1.807) is 11.9 Å². The molecule has 0 radical (unpaired) electrons. The standard InChI is InChI=1S/C14H27NO3/c1-7-14(5,10-13(2,3)4)15(6)11(16)8-9-12(17)18/h7-10H2,1-6H3,(H,17,18). The topological polar surface area (TPSA) is 57.6 Å². The second-order valence-corrected chi connectivity index (χ2v) is 6.43. The fraction of sp³-hybridized carbons (Fsp3) is 0.857. The summed E-state index contributed by atoms with van der Waals surface area (Å²) in [6, 6.07) is 0. The van der Waals surface area contributed by atoms with Crippen LogP contribution < -0.4 is 0 Å². The molecule has 1 unspecified atom stereocenters. The van der Waals surface area contributed by atoms with Gasteiger partial charge in [0.1, 0.15) is 0 Å². The van der Waals surface area contributed by atoms with Gasteiger partial charge in [-0.05, 0) is 25.2 Å². The fourth-order valence-corrected chi connectivity index (χ4v) is 2.31. The number of aliphatic carboxylic acids is 1. The highest BCUT2D eigenvalue weighted by Gasteiger charge is 2.34. The molecule has 1 amide bonds. The van der Waals surface area contributed by atoms with Crippen LogP contribution in [0.4, 0.5) is 0 Å². The van der Waals surface area contributed by atoms with Gasteiger partial charge in [-0.2, -0.15) is 0 Å². The first-order chi connectivity index (χ1) is 8.02. The SMILES string of the molecule is CCC(C)(CC(C)(C)C)N(C)C(=O)CCC(=O)O. The van der Waals surface area contributed by atoms with Gasteiger partial charge in [0.05, 0.1) is 6.42 Å². The van der Waals surface area contributed by atoms with Crippen LogP contribution in [0, 0.1) is 5.41 Å². The molecule has 4 nitrogen and oxygen atoms in total. The molecule has 0 aromatic carbocycles. The third-order valence-electron chi connectivity index (χ3n) is 3.41. The van der Waals surface area contributed by atoms with E-state index in [1.165, 1.54) is 0 Å². The van der Waals surface area contributed by atoms with Crippen molar-refractivity contribution in [1.29, 1.82) is 0 Å². The van der Waals surface area contributed by atoms with Crippen molar-refractivity contribution >= 4 is 11.9 Å². The van der Waals surface area contributed by atoms with Gasteiger partial charge >= 0.3 is 5.97 Å². The number of nitrogens with zero attached hydrogens (tertiary/aromatic N) is 1. The van der Waals surface area contributed by atoms with Gasteiger partial charge in [-0.25, -0.2) is 0 Å². The van der Waals surface area contributed by atoms with Gasteiger partial charge in [0, 0.05) is 19.0 Å². The third-order valence-corrected chi connectivity index (χ3v) is 3.41. The molecule has 1 N–H and O–H groups in total. The number of hydrogen-bond acceptors (Lipinski definition) is 2. The van der Waals surface area contributed by atoms with E-state index >= 15 is 0 Å². The fourth-order valence-electron chi connectivity index (χ4n) is 2.31. The zero-order valence-electron chi connectivity index (χ0n) is 12.5. The van der Waals surface area contributed by atoms with Crippen LogP contribution in [0.3, 0.4) is 0 Å². The molecular formula is C14H27NO3. The Labute approximate surface area is 110 Å². The number of carboxylic acids is 1. The van der Waals surface area contributed by atoms with Crippen LogP contribution in [0.1, 0.15) is 60.3 Å². The van der Waals surface area contributed by atoms with Crippen LogP contribution in [0.5, 0.6) is 0 Å². The zero-order chi connectivity index (χ0) is 14.6.